The summed E-state index contributed by atoms with van der Waals surface area (Å²) in [5.74, 6) is 1.01. The van der Waals surface area contributed by atoms with Crippen molar-refractivity contribution in [3.63, 3.8) is 0 Å². The van der Waals surface area contributed by atoms with E-state index >= 15 is 0 Å². The van der Waals surface area contributed by atoms with Crippen LogP contribution in [0, 0.1) is 25.7 Å². The lowest BCUT2D eigenvalue weighted by Gasteiger charge is -2.40. The Morgan fingerprint density at radius 3 is 1.55 bits per heavy atom. The zero-order chi connectivity index (χ0) is 60.1. The zero-order valence-electron chi connectivity index (χ0n) is 51.7. The number of carboxylic acids is 1. The van der Waals surface area contributed by atoms with Crippen LogP contribution < -0.4 is 24.6 Å². The van der Waals surface area contributed by atoms with Gasteiger partial charge in [0.1, 0.15) is 17.1 Å². The summed E-state index contributed by atoms with van der Waals surface area (Å²) < 4.78 is 18.0. The number of aliphatic carboxylic acids is 1. The van der Waals surface area contributed by atoms with E-state index in [9.17, 15) is 24.0 Å². The van der Waals surface area contributed by atoms with Gasteiger partial charge < -0.3 is 44.2 Å². The zero-order valence-corrected chi connectivity index (χ0v) is 51.7. The van der Waals surface area contributed by atoms with Crippen molar-refractivity contribution < 1.29 is 43.3 Å². The van der Waals surface area contributed by atoms with E-state index in [1.807, 2.05) is 108 Å². The number of hydrogen-bond donors (Lipinski definition) is 2. The molecule has 0 unspecified atom stereocenters. The lowest BCUT2D eigenvalue weighted by molar-refractivity contribution is -0.136. The third-order valence-corrected chi connectivity index (χ3v) is 17.0. The van der Waals surface area contributed by atoms with Gasteiger partial charge in [0.25, 0.3) is 0 Å². The first kappa shape index (κ1) is 64.1. The number of anilines is 2. The molecule has 8 rings (SSSR count). The van der Waals surface area contributed by atoms with E-state index in [1.54, 1.807) is 21.9 Å². The van der Waals surface area contributed by atoms with Crippen molar-refractivity contribution in [2.45, 2.75) is 176 Å². The lowest BCUT2D eigenvalue weighted by Crippen LogP contribution is -2.54. The summed E-state index contributed by atoms with van der Waals surface area (Å²) in [7, 11) is 5.60. The maximum atomic E-state index is 13.4. The molecule has 4 aliphatic rings. The summed E-state index contributed by atoms with van der Waals surface area (Å²) in [6.45, 7) is 25.3. The number of likely N-dealkylation sites (N-methyl/N-ethyl adjacent to an activating group) is 1. The first-order valence-corrected chi connectivity index (χ1v) is 30.3. The Bertz CT molecular complexity index is 2840. The fraction of sp³-hybridized carbons (Fsp3) is 0.567. The van der Waals surface area contributed by atoms with Crippen LogP contribution in [-0.4, -0.2) is 151 Å². The lowest BCUT2D eigenvalue weighted by atomic mass is 9.86. The predicted octanol–water partition coefficient (Wildman–Crippen LogP) is 10.5. The summed E-state index contributed by atoms with van der Waals surface area (Å²) in [6.07, 6.45) is 6.62. The van der Waals surface area contributed by atoms with Gasteiger partial charge in [-0.2, -0.15) is 0 Å². The third kappa shape index (κ3) is 18.8. The van der Waals surface area contributed by atoms with Gasteiger partial charge in [-0.1, -0.05) is 36.4 Å². The van der Waals surface area contributed by atoms with Crippen LogP contribution in [0.4, 0.5) is 16.2 Å². The highest BCUT2D eigenvalue weighted by atomic mass is 16.6. The highest BCUT2D eigenvalue weighted by Crippen LogP contribution is 2.33. The highest BCUT2D eigenvalue weighted by molar-refractivity contribution is 5.95. The van der Waals surface area contributed by atoms with Crippen molar-refractivity contribution >= 4 is 41.2 Å². The highest BCUT2D eigenvalue weighted by Gasteiger charge is 2.34. The van der Waals surface area contributed by atoms with Gasteiger partial charge in [0.05, 0.1) is 25.0 Å². The summed E-state index contributed by atoms with van der Waals surface area (Å²) in [6, 6.07) is 28.6. The van der Waals surface area contributed by atoms with Crippen molar-refractivity contribution in [3.05, 3.63) is 118 Å². The Labute approximate surface area is 494 Å². The molecular weight excluding hydrogens is 1050 g/mol. The molecule has 2 heterocycles. The Kier molecular flexibility index (Phi) is 22.7. The largest absolute Gasteiger partial charge is 0.490 e. The van der Waals surface area contributed by atoms with Crippen molar-refractivity contribution in [2.24, 2.45) is 11.8 Å². The molecule has 2 saturated heterocycles. The van der Waals surface area contributed by atoms with E-state index in [0.717, 1.165) is 125 Å². The fourth-order valence-corrected chi connectivity index (χ4v) is 11.8. The van der Waals surface area contributed by atoms with E-state index in [2.05, 4.69) is 73.1 Å². The number of ether oxygens (including phenoxy) is 3. The first-order valence-electron chi connectivity index (χ1n) is 30.3. The van der Waals surface area contributed by atoms with Crippen LogP contribution in [0.2, 0.25) is 0 Å². The number of piperazine rings is 2. The minimum absolute atomic E-state index is 0.0164. The van der Waals surface area contributed by atoms with Crippen LogP contribution in [0.1, 0.15) is 133 Å². The summed E-state index contributed by atoms with van der Waals surface area (Å²) in [5.41, 5.74) is 7.95. The van der Waals surface area contributed by atoms with Crippen LogP contribution in [0.3, 0.4) is 0 Å². The standard InChI is InChI=1S/C34H47N3O6.C33H48N4O3/c1-23-18-28(13-10-27(23)22-36-16-17-37(24(2)21-36)33(41)43-34(3,4)5)35(6)32(40)26-11-14-29(15-12-26)42-30-9-7-8-25(19-30)20-31(38)39;1-23(2)35(5)32(38)20-26-8-7-9-31(19-26)40-30-14-11-27(12-15-30)33(39)36(6)29-13-10-28(24(3)18-29)22-37-17-16-34-25(4)21-37/h7-10,13,18-19,24,26,29H,11-12,14-17,20-22H2,1-6H3,(H,38,39);7-10,13,18-19,23,25,27,30,34H,11-12,14-17,20-22H2,1-6H3/t24-,26-,29-;25-,27-,30-/m00/s1. The van der Waals surface area contributed by atoms with E-state index in [4.69, 9.17) is 19.3 Å². The normalized spacial score (nSPS) is 21.5. The minimum Gasteiger partial charge on any atom is -0.490 e. The van der Waals surface area contributed by atoms with Crippen molar-refractivity contribution in [2.75, 3.05) is 70.2 Å². The molecule has 0 bridgehead atoms. The number of nitrogens with zero attached hydrogens (tertiary/aromatic N) is 6. The number of carboxylic acid groups (broad SMARTS) is 1. The van der Waals surface area contributed by atoms with Gasteiger partial charge in [-0.25, -0.2) is 4.79 Å². The predicted molar refractivity (Wildman–Crippen MR) is 328 cm³/mol. The molecule has 16 nitrogen and oxygen atoms in total. The molecule has 4 fully saturated rings. The second-order valence-corrected chi connectivity index (χ2v) is 25.2. The van der Waals surface area contributed by atoms with Crippen LogP contribution in [0.5, 0.6) is 11.5 Å². The topological polar surface area (TPSA) is 165 Å². The molecule has 2 aliphatic carbocycles. The molecule has 2 saturated carbocycles. The fourth-order valence-electron chi connectivity index (χ4n) is 11.8. The van der Waals surface area contributed by atoms with Crippen molar-refractivity contribution in [3.8, 4) is 11.5 Å². The number of aryl methyl sites for hydroxylation is 2. The molecule has 0 radical (unpaired) electrons. The van der Waals surface area contributed by atoms with Gasteiger partial charge in [0.15, 0.2) is 0 Å². The molecule has 0 spiro atoms. The van der Waals surface area contributed by atoms with E-state index < -0.39 is 11.6 Å². The smallest absolute Gasteiger partial charge is 0.410 e. The van der Waals surface area contributed by atoms with Crippen LogP contribution in [-0.2, 0) is 49.8 Å². The maximum Gasteiger partial charge on any atom is 0.410 e. The molecule has 2 aliphatic heterocycles. The minimum atomic E-state index is -0.866. The van der Waals surface area contributed by atoms with Gasteiger partial charge in [-0.05, 0) is 196 Å². The van der Waals surface area contributed by atoms with E-state index in [-0.39, 0.29) is 66.4 Å². The molecule has 83 heavy (non-hydrogen) atoms. The number of rotatable bonds is 17. The second kappa shape index (κ2) is 29.4. The number of hydrogen-bond acceptors (Lipinski definition) is 11. The molecule has 16 heteroatoms. The Hall–Kier alpha value is -6.49. The monoisotopic (exact) mass is 1140 g/mol. The maximum absolute atomic E-state index is 13.4. The summed E-state index contributed by atoms with van der Waals surface area (Å²) >= 11 is 0. The number of benzene rings is 4. The second-order valence-electron chi connectivity index (χ2n) is 25.2. The number of amides is 4. The summed E-state index contributed by atoms with van der Waals surface area (Å²) in [4.78, 5) is 75.0. The molecular formula is C67H95N7O9. The average Bonchev–Trinajstić information content (AvgIpc) is 3.43. The molecule has 2 atom stereocenters. The SMILES string of the molecule is Cc1cc(N(C)C(=O)[C@H]2CC[C@H](Oc3cccc(CC(=O)N(C)C(C)C)c3)CC2)ccc1CN1CCN[C@@H](C)C1.Cc1cc(N(C)C(=O)[C@H]2CC[C@H](Oc3cccc(CC(=O)O)c3)CC2)ccc1CN1CCN(C(=O)OC(C)(C)C)[C@@H](C)C1. The first-order chi connectivity index (χ1) is 39.4. The van der Waals surface area contributed by atoms with E-state index in [1.165, 1.54) is 16.7 Å². The molecule has 4 aromatic carbocycles. The third-order valence-electron chi connectivity index (χ3n) is 17.0. The van der Waals surface area contributed by atoms with Gasteiger partial charge in [0.2, 0.25) is 17.7 Å². The molecule has 452 valence electrons. The van der Waals surface area contributed by atoms with Gasteiger partial charge in [-0.15, -0.1) is 0 Å². The van der Waals surface area contributed by atoms with Gasteiger partial charge in [0, 0.05) is 115 Å². The molecule has 0 aromatic heterocycles. The van der Waals surface area contributed by atoms with Crippen LogP contribution >= 0.6 is 0 Å². The Morgan fingerprint density at radius 2 is 1.12 bits per heavy atom. The quantitative estimate of drug-likeness (QED) is 0.103. The number of carbonyl (C=O) groups excluding carboxylic acids is 4. The average molecular weight is 1140 g/mol. The van der Waals surface area contributed by atoms with Gasteiger partial charge >= 0.3 is 12.1 Å². The molecule has 4 aromatic rings. The van der Waals surface area contributed by atoms with Crippen molar-refractivity contribution in [1.82, 2.24) is 24.9 Å². The van der Waals surface area contributed by atoms with E-state index in [0.29, 0.717) is 30.3 Å². The number of carbonyl (C=O) groups is 5. The molecule has 4 amide bonds. The van der Waals surface area contributed by atoms with Crippen LogP contribution in [0.25, 0.3) is 0 Å². The molecule has 2 N–H and O–H groups in total. The van der Waals surface area contributed by atoms with Gasteiger partial charge in [-0.3, -0.25) is 29.0 Å². The Morgan fingerprint density at radius 1 is 0.639 bits per heavy atom. The Balaban J connectivity index is 0.000000239. The number of nitrogens with one attached hydrogen (secondary N) is 1. The van der Waals surface area contributed by atoms with Crippen LogP contribution in [0.15, 0.2) is 84.9 Å². The summed E-state index contributed by atoms with van der Waals surface area (Å²) in [5, 5.41) is 12.6. The van der Waals surface area contributed by atoms with Crippen molar-refractivity contribution in [1.29, 1.82) is 0 Å².